The van der Waals surface area contributed by atoms with E-state index in [1.54, 1.807) is 11.3 Å². The topological polar surface area (TPSA) is 12.5 Å². The van der Waals surface area contributed by atoms with Crippen molar-refractivity contribution < 1.29 is 4.74 Å². The lowest BCUT2D eigenvalue weighted by Crippen LogP contribution is -2.37. The highest BCUT2D eigenvalue weighted by Gasteiger charge is 2.22. The Hall–Kier alpha value is -0.200. The average Bonchev–Trinajstić information content (AvgIpc) is 2.85. The quantitative estimate of drug-likeness (QED) is 0.709. The Labute approximate surface area is 140 Å². The van der Waals surface area contributed by atoms with E-state index in [0.717, 1.165) is 30.7 Å². The van der Waals surface area contributed by atoms with Gasteiger partial charge in [0.25, 0.3) is 0 Å². The van der Waals surface area contributed by atoms with Crippen LogP contribution in [0.3, 0.4) is 0 Å². The number of benzene rings is 1. The molecule has 0 bridgehead atoms. The van der Waals surface area contributed by atoms with Gasteiger partial charge in [-0.3, -0.25) is 4.90 Å². The van der Waals surface area contributed by atoms with E-state index >= 15 is 0 Å². The molecule has 1 fully saturated rings. The molecule has 1 atom stereocenters. The van der Waals surface area contributed by atoms with E-state index in [0.29, 0.717) is 0 Å². The van der Waals surface area contributed by atoms with Crippen LogP contribution in [-0.2, 0) is 11.3 Å². The normalized spacial score (nSPS) is 20.2. The molecule has 1 unspecified atom stereocenters. The van der Waals surface area contributed by atoms with Crippen LogP contribution in [0.25, 0.3) is 0 Å². The van der Waals surface area contributed by atoms with Gasteiger partial charge in [0.15, 0.2) is 0 Å². The molecule has 3 rings (SSSR count). The summed E-state index contributed by atoms with van der Waals surface area (Å²) in [6.45, 7) is 3.74. The molecular weight excluding hydrogens is 402 g/mol. The zero-order valence-electron chi connectivity index (χ0n) is 10.9. The monoisotopic (exact) mass is 415 g/mol. The number of hydrogen-bond donors (Lipinski definition) is 0. The van der Waals surface area contributed by atoms with Gasteiger partial charge >= 0.3 is 0 Å². The van der Waals surface area contributed by atoms with Gasteiger partial charge < -0.3 is 4.74 Å². The lowest BCUT2D eigenvalue weighted by molar-refractivity contribution is -0.0326. The summed E-state index contributed by atoms with van der Waals surface area (Å²) < 4.78 is 8.24. The second-order valence-corrected chi connectivity index (χ2v) is 7.61. The van der Waals surface area contributed by atoms with Crippen molar-refractivity contribution in [1.82, 2.24) is 4.90 Å². The fraction of sp³-hybridized carbons (Fsp3) is 0.333. The standard InChI is InChI=1S/C15H15Br2NOS/c16-12-3-1-11(2-4-12)14-9-18(6-7-19-14)10-15-13(17)5-8-20-15/h1-5,8,14H,6-7,9-10H2. The molecule has 1 saturated heterocycles. The number of hydrogen-bond acceptors (Lipinski definition) is 3. The molecule has 5 heteroatoms. The third-order valence-electron chi connectivity index (χ3n) is 3.45. The summed E-state index contributed by atoms with van der Waals surface area (Å²) in [5, 5.41) is 2.13. The maximum Gasteiger partial charge on any atom is 0.0952 e. The first-order valence-corrected chi connectivity index (χ1v) is 9.00. The second kappa shape index (κ2) is 6.71. The fourth-order valence-corrected chi connectivity index (χ4v) is 4.15. The summed E-state index contributed by atoms with van der Waals surface area (Å²) >= 11 is 8.89. The van der Waals surface area contributed by atoms with Crippen molar-refractivity contribution in [3.8, 4) is 0 Å². The van der Waals surface area contributed by atoms with Gasteiger partial charge in [-0.15, -0.1) is 11.3 Å². The minimum Gasteiger partial charge on any atom is -0.371 e. The first-order valence-electron chi connectivity index (χ1n) is 6.53. The summed E-state index contributed by atoms with van der Waals surface area (Å²) in [7, 11) is 0. The first-order chi connectivity index (χ1) is 9.72. The predicted octanol–water partition coefficient (Wildman–Crippen LogP) is 4.85. The summed E-state index contributed by atoms with van der Waals surface area (Å²) in [5.74, 6) is 0. The van der Waals surface area contributed by atoms with Gasteiger partial charge in [-0.25, -0.2) is 0 Å². The number of morpholine rings is 1. The molecule has 2 heterocycles. The Morgan fingerprint density at radius 3 is 2.70 bits per heavy atom. The van der Waals surface area contributed by atoms with Crippen molar-refractivity contribution in [3.63, 3.8) is 0 Å². The van der Waals surface area contributed by atoms with Crippen molar-refractivity contribution in [2.45, 2.75) is 12.6 Å². The number of halogens is 2. The van der Waals surface area contributed by atoms with Gasteiger partial charge in [0.2, 0.25) is 0 Å². The van der Waals surface area contributed by atoms with Crippen LogP contribution in [0.4, 0.5) is 0 Å². The molecule has 0 N–H and O–H groups in total. The van der Waals surface area contributed by atoms with Crippen LogP contribution in [0.1, 0.15) is 16.5 Å². The van der Waals surface area contributed by atoms with E-state index in [4.69, 9.17) is 4.74 Å². The van der Waals surface area contributed by atoms with Crippen LogP contribution in [-0.4, -0.2) is 24.6 Å². The molecule has 1 aliphatic rings. The lowest BCUT2D eigenvalue weighted by Gasteiger charge is -2.33. The largest absolute Gasteiger partial charge is 0.371 e. The maximum absolute atomic E-state index is 5.92. The second-order valence-electron chi connectivity index (χ2n) is 4.84. The fourth-order valence-electron chi connectivity index (χ4n) is 2.37. The zero-order chi connectivity index (χ0) is 13.9. The Balaban J connectivity index is 1.67. The van der Waals surface area contributed by atoms with Gasteiger partial charge in [-0.1, -0.05) is 28.1 Å². The summed E-state index contributed by atoms with van der Waals surface area (Å²) in [5.41, 5.74) is 1.25. The molecule has 1 aliphatic heterocycles. The highest BCUT2D eigenvalue weighted by molar-refractivity contribution is 9.10. The van der Waals surface area contributed by atoms with Crippen LogP contribution >= 0.6 is 43.2 Å². The average molecular weight is 417 g/mol. The predicted molar refractivity (Wildman–Crippen MR) is 90.1 cm³/mol. The van der Waals surface area contributed by atoms with Crippen LogP contribution in [0.5, 0.6) is 0 Å². The van der Waals surface area contributed by atoms with E-state index in [-0.39, 0.29) is 6.10 Å². The third kappa shape index (κ3) is 3.52. The van der Waals surface area contributed by atoms with E-state index in [1.165, 1.54) is 14.9 Å². The highest BCUT2D eigenvalue weighted by Crippen LogP contribution is 2.28. The Morgan fingerprint density at radius 1 is 1.20 bits per heavy atom. The molecule has 0 aliphatic carbocycles. The van der Waals surface area contributed by atoms with Crippen LogP contribution < -0.4 is 0 Å². The molecular formula is C15H15Br2NOS. The molecule has 20 heavy (non-hydrogen) atoms. The van der Waals surface area contributed by atoms with E-state index in [2.05, 4.69) is 72.5 Å². The molecule has 0 spiro atoms. The SMILES string of the molecule is Brc1ccc(C2CN(Cc3sccc3Br)CCO2)cc1. The van der Waals surface area contributed by atoms with Gasteiger partial charge in [0.05, 0.1) is 12.7 Å². The molecule has 0 radical (unpaired) electrons. The number of rotatable bonds is 3. The van der Waals surface area contributed by atoms with Crippen LogP contribution in [0.15, 0.2) is 44.7 Å². The highest BCUT2D eigenvalue weighted by atomic mass is 79.9. The molecule has 1 aromatic carbocycles. The summed E-state index contributed by atoms with van der Waals surface area (Å²) in [4.78, 5) is 3.86. The molecule has 2 nitrogen and oxygen atoms in total. The first kappa shape index (κ1) is 14.7. The zero-order valence-corrected chi connectivity index (χ0v) is 14.9. The molecule has 0 saturated carbocycles. The van der Waals surface area contributed by atoms with E-state index in [1.807, 2.05) is 0 Å². The van der Waals surface area contributed by atoms with E-state index < -0.39 is 0 Å². The van der Waals surface area contributed by atoms with Crippen molar-refractivity contribution >= 4 is 43.2 Å². The number of nitrogens with zero attached hydrogens (tertiary/aromatic N) is 1. The van der Waals surface area contributed by atoms with Crippen molar-refractivity contribution in [3.05, 3.63) is 55.1 Å². The van der Waals surface area contributed by atoms with Crippen LogP contribution in [0, 0.1) is 0 Å². The van der Waals surface area contributed by atoms with E-state index in [9.17, 15) is 0 Å². The van der Waals surface area contributed by atoms with Gasteiger partial charge in [0, 0.05) is 33.5 Å². The third-order valence-corrected chi connectivity index (χ3v) is 5.89. The van der Waals surface area contributed by atoms with Gasteiger partial charge in [-0.05, 0) is 45.1 Å². The van der Waals surface area contributed by atoms with Crippen LogP contribution in [0.2, 0.25) is 0 Å². The number of ether oxygens (including phenoxy) is 1. The van der Waals surface area contributed by atoms with Gasteiger partial charge in [0.1, 0.15) is 0 Å². The molecule has 1 aromatic heterocycles. The maximum atomic E-state index is 5.92. The molecule has 0 amide bonds. The minimum atomic E-state index is 0.176. The smallest absolute Gasteiger partial charge is 0.0952 e. The number of thiophene rings is 1. The summed E-state index contributed by atoms with van der Waals surface area (Å²) in [6, 6.07) is 10.5. The van der Waals surface area contributed by atoms with Crippen molar-refractivity contribution in [1.29, 1.82) is 0 Å². The minimum absolute atomic E-state index is 0.176. The lowest BCUT2D eigenvalue weighted by atomic mass is 10.1. The summed E-state index contributed by atoms with van der Waals surface area (Å²) in [6.07, 6.45) is 0.176. The Kier molecular flexibility index (Phi) is 4.94. The van der Waals surface area contributed by atoms with Crippen molar-refractivity contribution in [2.24, 2.45) is 0 Å². The Bertz CT molecular complexity index is 570. The molecule has 106 valence electrons. The van der Waals surface area contributed by atoms with Crippen molar-refractivity contribution in [2.75, 3.05) is 19.7 Å². The molecule has 2 aromatic rings. The van der Waals surface area contributed by atoms with Gasteiger partial charge in [-0.2, -0.15) is 0 Å². The Morgan fingerprint density at radius 2 is 2.00 bits per heavy atom.